The van der Waals surface area contributed by atoms with E-state index in [-0.39, 0.29) is 112 Å². The molecule has 0 amide bonds. The average molecular weight is 244 g/mol. The van der Waals surface area contributed by atoms with Crippen LogP contribution in [0.2, 0.25) is 0 Å². The molecule has 10 heavy (non-hydrogen) atoms. The number of carbonyl (C=O) groups is 1. The van der Waals surface area contributed by atoms with Crippen molar-refractivity contribution in [1.82, 2.24) is 0 Å². The van der Waals surface area contributed by atoms with Crippen molar-refractivity contribution in [3.05, 3.63) is 0 Å². The van der Waals surface area contributed by atoms with Gasteiger partial charge in [-0.1, -0.05) is 3.53 Å². The van der Waals surface area contributed by atoms with Crippen molar-refractivity contribution in [2.45, 2.75) is 0 Å². The molecule has 0 radical (unpaired) electrons. The first-order chi connectivity index (χ1) is 3.63. The Labute approximate surface area is 160 Å². The summed E-state index contributed by atoms with van der Waals surface area (Å²) in [5.41, 5.74) is 0. The fraction of sp³-hybridized carbons (Fsp3) is 0.333. The van der Waals surface area contributed by atoms with Gasteiger partial charge < -0.3 is 34.7 Å². The van der Waals surface area contributed by atoms with E-state index < -0.39 is 5.97 Å². The molecule has 0 saturated carbocycles. The zero-order chi connectivity index (χ0) is 6.57. The van der Waals surface area contributed by atoms with Gasteiger partial charge >= 0.3 is 103 Å². The van der Waals surface area contributed by atoms with Crippen LogP contribution < -0.4 is 108 Å². The zero-order valence-electron chi connectivity index (χ0n) is 5.75. The SMILES string of the molecule is O=C([O-])CSC(=S)[S-].[K+].[K+]. The first-order valence-electron chi connectivity index (χ1n) is 1.66. The van der Waals surface area contributed by atoms with Crippen molar-refractivity contribution < 1.29 is 113 Å². The molecular formula is C3H2K2O2S3. The van der Waals surface area contributed by atoms with E-state index in [4.69, 9.17) is 0 Å². The summed E-state index contributed by atoms with van der Waals surface area (Å²) in [6.07, 6.45) is 0. The molecule has 0 aromatic rings. The van der Waals surface area contributed by atoms with Crippen LogP contribution in [0, 0.1) is 0 Å². The molecule has 46 valence electrons. The molecule has 0 unspecified atom stereocenters. The molecule has 0 heterocycles. The van der Waals surface area contributed by atoms with Gasteiger partial charge in [0.2, 0.25) is 0 Å². The third kappa shape index (κ3) is 17.5. The topological polar surface area (TPSA) is 40.1 Å². The average Bonchev–Trinajstić information content (AvgIpc) is 1.61. The summed E-state index contributed by atoms with van der Waals surface area (Å²) in [7, 11) is 0. The molecule has 0 rings (SSSR count). The van der Waals surface area contributed by atoms with Gasteiger partial charge in [0.15, 0.2) is 0 Å². The van der Waals surface area contributed by atoms with E-state index in [1.165, 1.54) is 0 Å². The van der Waals surface area contributed by atoms with Gasteiger partial charge in [-0.3, -0.25) is 0 Å². The predicted molar refractivity (Wildman–Crippen MR) is 37.4 cm³/mol. The second kappa shape index (κ2) is 12.4. The van der Waals surface area contributed by atoms with Gasteiger partial charge in [0, 0.05) is 5.75 Å². The molecule has 0 atom stereocenters. The first-order valence-corrected chi connectivity index (χ1v) is 3.46. The largest absolute Gasteiger partial charge is 1.00 e. The normalized spacial score (nSPS) is 6.80. The van der Waals surface area contributed by atoms with E-state index in [1.54, 1.807) is 0 Å². The van der Waals surface area contributed by atoms with Gasteiger partial charge in [0.05, 0.1) is 5.97 Å². The zero-order valence-corrected chi connectivity index (χ0v) is 14.4. The van der Waals surface area contributed by atoms with Crippen molar-refractivity contribution in [2.24, 2.45) is 0 Å². The van der Waals surface area contributed by atoms with Gasteiger partial charge in [-0.2, -0.15) is 0 Å². The number of carboxylic acid groups (broad SMARTS) is 1. The Kier molecular flexibility index (Phi) is 23.6. The van der Waals surface area contributed by atoms with E-state index in [9.17, 15) is 9.90 Å². The Bertz CT molecular complexity index is 104. The van der Waals surface area contributed by atoms with Crippen LogP contribution in [-0.4, -0.2) is 15.3 Å². The van der Waals surface area contributed by atoms with Crippen molar-refractivity contribution in [3.63, 3.8) is 0 Å². The molecule has 0 aromatic heterocycles. The third-order valence-electron chi connectivity index (χ3n) is 0.308. The second-order valence-corrected chi connectivity index (χ2v) is 3.49. The van der Waals surface area contributed by atoms with Gasteiger partial charge in [-0.25, -0.2) is 0 Å². The molecule has 0 N–H and O–H groups in total. The van der Waals surface area contributed by atoms with Crippen molar-refractivity contribution >= 4 is 46.1 Å². The molecule has 0 saturated heterocycles. The van der Waals surface area contributed by atoms with E-state index >= 15 is 0 Å². The molecule has 0 aromatic carbocycles. The first kappa shape index (κ1) is 19.1. The van der Waals surface area contributed by atoms with Gasteiger partial charge in [-0.05, 0) is 0 Å². The number of hydrogen-bond acceptors (Lipinski definition) is 5. The maximum Gasteiger partial charge on any atom is 1.00 e. The molecule has 7 heteroatoms. The number of aliphatic carboxylic acids is 1. The number of thioether (sulfide) groups is 1. The summed E-state index contributed by atoms with van der Waals surface area (Å²) in [5.74, 6) is -1.27. The Hall–Kier alpha value is 3.40. The van der Waals surface area contributed by atoms with Crippen LogP contribution in [0.1, 0.15) is 0 Å². The number of carboxylic acids is 1. The summed E-state index contributed by atoms with van der Waals surface area (Å²) < 4.78 is 0.217. The Morgan fingerprint density at radius 3 is 2.10 bits per heavy atom. The van der Waals surface area contributed by atoms with Crippen LogP contribution in [0.5, 0.6) is 0 Å². The number of rotatable bonds is 2. The summed E-state index contributed by atoms with van der Waals surface area (Å²) in [5, 5.41) is 9.67. The van der Waals surface area contributed by atoms with Gasteiger partial charge in [0.25, 0.3) is 0 Å². The van der Waals surface area contributed by atoms with Crippen molar-refractivity contribution in [1.29, 1.82) is 0 Å². The van der Waals surface area contributed by atoms with Crippen LogP contribution in [-0.2, 0) is 17.4 Å². The fourth-order valence-electron chi connectivity index (χ4n) is 0.118. The minimum absolute atomic E-state index is 0. The monoisotopic (exact) mass is 244 g/mol. The second-order valence-electron chi connectivity index (χ2n) is 0.911. The molecule has 2 nitrogen and oxygen atoms in total. The van der Waals surface area contributed by atoms with Crippen LogP contribution >= 0.6 is 24.0 Å². The summed E-state index contributed by atoms with van der Waals surface area (Å²) in [6.45, 7) is 0. The number of hydrogen-bond donors (Lipinski definition) is 0. The third-order valence-corrected chi connectivity index (χ3v) is 1.63. The predicted octanol–water partition coefficient (Wildman–Crippen LogP) is -6.69. The Morgan fingerprint density at radius 1 is 1.60 bits per heavy atom. The summed E-state index contributed by atoms with van der Waals surface area (Å²) >= 11 is 9.72. The molecule has 0 aliphatic carbocycles. The quantitative estimate of drug-likeness (QED) is 0.274. The van der Waals surface area contributed by atoms with Crippen molar-refractivity contribution in [3.8, 4) is 0 Å². The Balaban J connectivity index is -0.000000245. The molecule has 0 aliphatic rings. The maximum absolute atomic E-state index is 9.67. The molecular weight excluding hydrogens is 242 g/mol. The number of carbonyl (C=O) groups excluding carboxylic acids is 1. The van der Waals surface area contributed by atoms with E-state index in [1.807, 2.05) is 0 Å². The molecule has 0 aliphatic heterocycles. The van der Waals surface area contributed by atoms with Gasteiger partial charge in [0.1, 0.15) is 0 Å². The smallest absolute Gasteiger partial charge is 0.549 e. The molecule has 0 bridgehead atoms. The van der Waals surface area contributed by atoms with E-state index in [0.717, 1.165) is 11.8 Å². The molecule has 0 fully saturated rings. The van der Waals surface area contributed by atoms with Gasteiger partial charge in [-0.15, -0.1) is 11.8 Å². The summed E-state index contributed by atoms with van der Waals surface area (Å²) in [6, 6.07) is 0. The number of thiocarbonyl (C=S) groups is 1. The minimum Gasteiger partial charge on any atom is -0.549 e. The Morgan fingerprint density at radius 2 is 2.00 bits per heavy atom. The van der Waals surface area contributed by atoms with Crippen LogP contribution in [0.4, 0.5) is 0 Å². The van der Waals surface area contributed by atoms with Crippen LogP contribution in [0.25, 0.3) is 0 Å². The van der Waals surface area contributed by atoms with Crippen molar-refractivity contribution in [2.75, 3.05) is 5.75 Å². The molecule has 0 spiro atoms. The maximum atomic E-state index is 9.67. The fourth-order valence-corrected chi connectivity index (χ4v) is 0.707. The standard InChI is InChI=1S/C3H4O2S3.2K/c4-2(5)1-8-3(6)7;;/h1H2,(H,4,5)(H,6,7);;/q;2*+1/p-2. The van der Waals surface area contributed by atoms with E-state index in [0.29, 0.717) is 0 Å². The minimum atomic E-state index is -1.14. The summed E-state index contributed by atoms with van der Waals surface area (Å²) in [4.78, 5) is 9.67. The van der Waals surface area contributed by atoms with Crippen LogP contribution in [0.3, 0.4) is 0 Å². The van der Waals surface area contributed by atoms with Crippen LogP contribution in [0.15, 0.2) is 0 Å². The van der Waals surface area contributed by atoms with E-state index in [2.05, 4.69) is 24.8 Å².